The fraction of sp³-hybridized carbons (Fsp3) is 0.452. The second-order valence-corrected chi connectivity index (χ2v) is 18.3. The van der Waals surface area contributed by atoms with E-state index in [9.17, 15) is 23.7 Å². The lowest BCUT2D eigenvalue weighted by Crippen LogP contribution is -2.56. The average molecular weight is 818 g/mol. The molecule has 12 nitrogen and oxygen atoms in total. The number of ether oxygens (including phenoxy) is 1. The summed E-state index contributed by atoms with van der Waals surface area (Å²) in [6.07, 6.45) is 9.29. The summed E-state index contributed by atoms with van der Waals surface area (Å²) in [4.78, 5) is 62.8. The Morgan fingerprint density at radius 1 is 1.02 bits per heavy atom. The fourth-order valence-corrected chi connectivity index (χ4v) is 11.0. The van der Waals surface area contributed by atoms with Crippen molar-refractivity contribution in [3.05, 3.63) is 95.1 Å². The lowest BCUT2D eigenvalue weighted by atomic mass is 9.99. The molecule has 15 heteroatoms. The molecule has 3 aliphatic heterocycles. The van der Waals surface area contributed by atoms with Gasteiger partial charge in [0.05, 0.1) is 11.5 Å². The number of hydrogen-bond acceptors (Lipinski definition) is 9. The third-order valence-electron chi connectivity index (χ3n) is 11.1. The third-order valence-corrected chi connectivity index (χ3v) is 14.3. The number of esters is 1. The first kappa shape index (κ1) is 40.5. The maximum atomic E-state index is 16.5. The summed E-state index contributed by atoms with van der Waals surface area (Å²) in [6, 6.07) is 15.8. The summed E-state index contributed by atoms with van der Waals surface area (Å²) in [7, 11) is -4.44. The maximum Gasteiger partial charge on any atom is 0.355 e. The number of carbonyl (C=O) groups is 4. The molecule has 3 saturated heterocycles. The highest BCUT2D eigenvalue weighted by Crippen LogP contribution is 2.58. The van der Waals surface area contributed by atoms with Crippen molar-refractivity contribution in [2.45, 2.75) is 101 Å². The minimum atomic E-state index is -4.44. The minimum Gasteiger partial charge on any atom is -0.465 e. The normalized spacial score (nSPS) is 23.2. The van der Waals surface area contributed by atoms with Crippen molar-refractivity contribution in [3.63, 3.8) is 0 Å². The largest absolute Gasteiger partial charge is 0.465 e. The topological polar surface area (TPSA) is 147 Å². The van der Waals surface area contributed by atoms with Gasteiger partial charge in [-0.05, 0) is 98.4 Å². The Kier molecular flexibility index (Phi) is 12.7. The second-order valence-electron chi connectivity index (χ2n) is 15.1. The highest BCUT2D eigenvalue weighted by Gasteiger charge is 2.46. The van der Waals surface area contributed by atoms with Gasteiger partial charge < -0.3 is 24.4 Å². The summed E-state index contributed by atoms with van der Waals surface area (Å²) in [5.74, 6) is -3.21. The zero-order valence-corrected chi connectivity index (χ0v) is 33.9. The highest BCUT2D eigenvalue weighted by molar-refractivity contribution is 7.57. The number of para-hydroxylation sites is 1. The number of likely N-dealkylation sites (tertiary alicyclic amines) is 1. The summed E-state index contributed by atoms with van der Waals surface area (Å²) in [5.41, 5.74) is 1.14. The number of halogens is 1. The molecule has 7 atom stereocenters. The van der Waals surface area contributed by atoms with Crippen molar-refractivity contribution in [3.8, 4) is 5.75 Å². The number of nitrogens with one attached hydrogen (secondary N) is 2. The first-order valence-electron chi connectivity index (χ1n) is 19.8. The van der Waals surface area contributed by atoms with Gasteiger partial charge in [0, 0.05) is 42.1 Å². The molecule has 0 radical (unpaired) electrons. The number of amides is 3. The maximum absolute atomic E-state index is 16.5. The molecule has 0 aliphatic carbocycles. The molecular formula is C42H49FN5O7PS. The second kappa shape index (κ2) is 17.9. The molecular weight excluding hydrogens is 769 g/mol. The molecule has 2 aromatic heterocycles. The zero-order chi connectivity index (χ0) is 40.1. The number of fused-ring (bicyclic) bond motifs is 2. The van der Waals surface area contributed by atoms with E-state index in [0.29, 0.717) is 47.3 Å². The van der Waals surface area contributed by atoms with Gasteiger partial charge in [-0.3, -0.25) is 28.7 Å². The SMILES string of the molecule is CCCOC(=O)[C@H](C)NP(=O)(Oc1ccccc1)C(F)c1ccc2sc(C(=O)N[C@H]3CCCC[C@H]4CC[C@@H](C(=O)N5CCC(c6cccnc6)C5)N4C3=O)cc2c1. The van der Waals surface area contributed by atoms with Crippen LogP contribution in [0.4, 0.5) is 4.39 Å². The predicted molar refractivity (Wildman–Crippen MR) is 216 cm³/mol. The van der Waals surface area contributed by atoms with Crippen LogP contribution in [0.5, 0.6) is 5.75 Å². The van der Waals surface area contributed by atoms with Crippen molar-refractivity contribution in [2.24, 2.45) is 0 Å². The number of carbonyl (C=O) groups excluding carboxylic acids is 4. The van der Waals surface area contributed by atoms with E-state index in [2.05, 4.69) is 15.4 Å². The number of hydrogen-bond donors (Lipinski definition) is 2. The van der Waals surface area contributed by atoms with Crippen LogP contribution in [0.3, 0.4) is 0 Å². The third kappa shape index (κ3) is 9.08. The van der Waals surface area contributed by atoms with Gasteiger partial charge in [0.15, 0.2) is 0 Å². The summed E-state index contributed by atoms with van der Waals surface area (Å²) in [5, 5.41) is 6.10. The smallest absolute Gasteiger partial charge is 0.355 e. The Morgan fingerprint density at radius 3 is 2.60 bits per heavy atom. The lowest BCUT2D eigenvalue weighted by molar-refractivity contribution is -0.146. The van der Waals surface area contributed by atoms with Crippen LogP contribution < -0.4 is 14.9 Å². The van der Waals surface area contributed by atoms with Crippen LogP contribution in [0.1, 0.15) is 97.8 Å². The molecule has 0 bridgehead atoms. The van der Waals surface area contributed by atoms with Crippen LogP contribution in [0.25, 0.3) is 10.1 Å². The van der Waals surface area contributed by atoms with E-state index >= 15 is 4.39 Å². The van der Waals surface area contributed by atoms with E-state index < -0.39 is 43.4 Å². The number of nitrogens with zero attached hydrogens (tertiary/aromatic N) is 3. The molecule has 0 saturated carbocycles. The summed E-state index contributed by atoms with van der Waals surface area (Å²) < 4.78 is 42.4. The summed E-state index contributed by atoms with van der Waals surface area (Å²) >= 11 is 1.20. The van der Waals surface area contributed by atoms with Crippen LogP contribution in [0, 0.1) is 0 Å². The van der Waals surface area contributed by atoms with E-state index in [-0.39, 0.29) is 41.7 Å². The van der Waals surface area contributed by atoms with Gasteiger partial charge >= 0.3 is 13.5 Å². The lowest BCUT2D eigenvalue weighted by Gasteiger charge is -2.36. The Hall–Kier alpha value is -4.65. The molecule has 7 rings (SSSR count). The van der Waals surface area contributed by atoms with Crippen LogP contribution >= 0.6 is 18.9 Å². The van der Waals surface area contributed by atoms with Gasteiger partial charge in [0.2, 0.25) is 17.7 Å². The Bertz CT molecular complexity index is 2120. The fourth-order valence-electron chi connectivity index (χ4n) is 8.14. The first-order valence-corrected chi connectivity index (χ1v) is 22.3. The monoisotopic (exact) mass is 817 g/mol. The number of benzene rings is 2. The number of pyridine rings is 1. The van der Waals surface area contributed by atoms with E-state index in [4.69, 9.17) is 9.26 Å². The Labute approximate surface area is 336 Å². The number of rotatable bonds is 13. The highest BCUT2D eigenvalue weighted by atomic mass is 32.1. The Balaban J connectivity index is 1.06. The molecule has 4 aromatic rings. The molecule has 2 N–H and O–H groups in total. The van der Waals surface area contributed by atoms with Crippen molar-refractivity contribution in [2.75, 3.05) is 19.7 Å². The zero-order valence-electron chi connectivity index (χ0n) is 32.2. The van der Waals surface area contributed by atoms with E-state index in [1.165, 1.54) is 30.4 Å². The van der Waals surface area contributed by atoms with Crippen LogP contribution in [0.2, 0.25) is 0 Å². The van der Waals surface area contributed by atoms with Crippen molar-refractivity contribution in [1.29, 1.82) is 0 Å². The van der Waals surface area contributed by atoms with Gasteiger partial charge in [-0.2, -0.15) is 0 Å². The van der Waals surface area contributed by atoms with Crippen molar-refractivity contribution in [1.82, 2.24) is 25.2 Å². The van der Waals surface area contributed by atoms with Crippen LogP contribution in [0.15, 0.2) is 79.1 Å². The van der Waals surface area contributed by atoms with E-state index in [1.807, 2.05) is 30.2 Å². The molecule has 0 spiro atoms. The number of thiophene rings is 1. The number of alkyl halides is 1. The minimum absolute atomic E-state index is 0.0314. The average Bonchev–Trinajstić information content (AvgIpc) is 3.99. The standard InChI is InChI=1S/C42H49FN5O7PS/c1-3-22-54-42(52)27(2)46-56(53,55-33-12-5-4-6-13-33)38(43)28-15-18-36-31(23-28)24-37(57-36)39(49)45-34-14-8-7-11-32-16-17-35(48(32)40(34)50)41(51)47-21-19-30(26-47)29-10-9-20-44-25-29/h4-6,9-10,12-13,15,18,20,23-25,27,30,32,34-35,38H,3,7-8,11,14,16-17,19,21-22,26H2,1-2H3,(H,45,49)(H,46,53)/t27-,30?,32-,34-,35-,38?,56?/m0/s1. The molecule has 3 unspecified atom stereocenters. The molecule has 57 heavy (non-hydrogen) atoms. The van der Waals surface area contributed by atoms with Gasteiger partial charge in [0.25, 0.3) is 5.91 Å². The van der Waals surface area contributed by atoms with Crippen LogP contribution in [-0.2, 0) is 23.7 Å². The Morgan fingerprint density at radius 2 is 1.82 bits per heavy atom. The van der Waals surface area contributed by atoms with Crippen molar-refractivity contribution >= 4 is 52.6 Å². The molecule has 302 valence electrons. The first-order chi connectivity index (χ1) is 27.5. The summed E-state index contributed by atoms with van der Waals surface area (Å²) in [6.45, 7) is 4.66. The van der Waals surface area contributed by atoms with E-state index in [0.717, 1.165) is 37.7 Å². The van der Waals surface area contributed by atoms with Crippen molar-refractivity contribution < 1.29 is 37.4 Å². The van der Waals surface area contributed by atoms with Gasteiger partial charge in [-0.25, -0.2) is 9.48 Å². The van der Waals surface area contributed by atoms with E-state index in [1.54, 1.807) is 53.6 Å². The molecule has 3 amide bonds. The van der Waals surface area contributed by atoms with Crippen LogP contribution in [-0.4, -0.2) is 82.3 Å². The number of aromatic nitrogens is 1. The van der Waals surface area contributed by atoms with Gasteiger partial charge in [-0.1, -0.05) is 50.1 Å². The predicted octanol–water partition coefficient (Wildman–Crippen LogP) is 7.52. The van der Waals surface area contributed by atoms with Gasteiger partial charge in [0.1, 0.15) is 23.9 Å². The molecule has 2 aromatic carbocycles. The molecule has 3 aliphatic rings. The molecule has 5 heterocycles. The van der Waals surface area contributed by atoms with Gasteiger partial charge in [-0.15, -0.1) is 11.3 Å². The quantitative estimate of drug-likeness (QED) is 0.103. The molecule has 3 fully saturated rings.